The maximum atomic E-state index is 14.0. The number of carbonyl (C=O) groups excluding carboxylic acids is 6. The van der Waals surface area contributed by atoms with Gasteiger partial charge in [0.25, 0.3) is 0 Å². The van der Waals surface area contributed by atoms with Crippen LogP contribution in [0.4, 0.5) is 0 Å². The lowest BCUT2D eigenvalue weighted by Crippen LogP contribution is -2.61. The van der Waals surface area contributed by atoms with Crippen LogP contribution >= 0.6 is 11.8 Å². The Morgan fingerprint density at radius 2 is 1.49 bits per heavy atom. The van der Waals surface area contributed by atoms with Crippen LogP contribution in [0.1, 0.15) is 78.2 Å². The molecule has 15 heteroatoms. The summed E-state index contributed by atoms with van der Waals surface area (Å²) in [5, 5.41) is 15.1. The van der Waals surface area contributed by atoms with Gasteiger partial charge in [-0.3, -0.25) is 28.8 Å². The molecule has 6 amide bonds. The largest absolute Gasteiger partial charge is 0.370 e. The Kier molecular flexibility index (Phi) is 16.7. The molecule has 0 spiro atoms. The number of nitrogens with two attached hydrogens (primary N) is 2. The van der Waals surface area contributed by atoms with E-state index in [1.165, 1.54) is 0 Å². The Labute approximate surface area is 304 Å². The minimum atomic E-state index is -1.27. The number of amides is 6. The number of para-hydroxylation sites is 1. The molecular weight excluding hydrogens is 673 g/mol. The van der Waals surface area contributed by atoms with Gasteiger partial charge in [0.1, 0.15) is 24.2 Å². The monoisotopic (exact) mass is 728 g/mol. The van der Waals surface area contributed by atoms with Crippen LogP contribution in [0.25, 0.3) is 10.9 Å². The van der Waals surface area contributed by atoms with Gasteiger partial charge in [-0.2, -0.15) is 11.8 Å². The lowest BCUT2D eigenvalue weighted by Gasteiger charge is -2.31. The summed E-state index contributed by atoms with van der Waals surface area (Å²) in [6.45, 7) is 7.77. The number of thioether (sulfide) groups is 1. The van der Waals surface area contributed by atoms with E-state index in [1.807, 2.05) is 51.2 Å². The summed E-state index contributed by atoms with van der Waals surface area (Å²) in [6, 6.07) is 2.98. The molecule has 2 heterocycles. The van der Waals surface area contributed by atoms with Crippen LogP contribution in [0.5, 0.6) is 0 Å². The van der Waals surface area contributed by atoms with Crippen molar-refractivity contribution < 1.29 is 28.8 Å². The first-order valence-corrected chi connectivity index (χ1v) is 19.2. The first kappa shape index (κ1) is 41.3. The van der Waals surface area contributed by atoms with E-state index in [0.717, 1.165) is 16.5 Å². The Morgan fingerprint density at radius 3 is 2.14 bits per heavy atom. The van der Waals surface area contributed by atoms with Crippen molar-refractivity contribution in [2.24, 2.45) is 23.3 Å². The predicted octanol–water partition coefficient (Wildman–Crippen LogP) is 1.37. The zero-order valence-electron chi connectivity index (χ0n) is 30.2. The molecule has 0 saturated carbocycles. The van der Waals surface area contributed by atoms with Gasteiger partial charge >= 0.3 is 0 Å². The van der Waals surface area contributed by atoms with E-state index in [0.29, 0.717) is 50.2 Å². The molecule has 7 atom stereocenters. The van der Waals surface area contributed by atoms with E-state index in [9.17, 15) is 28.8 Å². The van der Waals surface area contributed by atoms with Gasteiger partial charge in [0.05, 0.1) is 6.42 Å². The van der Waals surface area contributed by atoms with Gasteiger partial charge < -0.3 is 43.0 Å². The van der Waals surface area contributed by atoms with Gasteiger partial charge in [-0.05, 0) is 55.0 Å². The third-order valence-corrected chi connectivity index (χ3v) is 10.7. The van der Waals surface area contributed by atoms with E-state index >= 15 is 0 Å². The SMILES string of the molecule is CC[C@H](C)C1NC(=O)[C@H]([C@@H](C)CC)NC(=O)[C@@H](Cc2c[nH]c3ccccc23)NC(=O)CCCSC[C@@H](CCCN)NC(=O)[C@H](CC(N)=O)NC1=O. The molecule has 1 saturated heterocycles. The standard InChI is InChI=1S/C36H56N8O6S/c1-5-21(3)31-35(49)42-28(18-29(38)45)33(47)40-24(11-9-15-37)20-51-16-10-14-30(46)41-27(17-23-19-39-26-13-8-7-12-25(23)26)34(48)43-32(22(4)6-2)36(50)44-31/h7-8,12-13,19,21-22,24,27-28,31-32,39H,5-6,9-11,14-18,20,37H2,1-4H3,(H2,38,45)(H,40,47)(H,41,46)(H,42,49)(H,43,48)(H,44,50)/t21-,22-,24+,27+,28-,31?,32-/m0/s1. The van der Waals surface area contributed by atoms with E-state index in [1.54, 1.807) is 18.7 Å². The molecule has 0 bridgehead atoms. The number of benzene rings is 1. The van der Waals surface area contributed by atoms with Crippen molar-refractivity contribution in [1.82, 2.24) is 31.6 Å². The summed E-state index contributed by atoms with van der Waals surface area (Å²) in [6.07, 6.45) is 4.50. The minimum absolute atomic E-state index is 0.170. The molecule has 0 aliphatic carbocycles. The van der Waals surface area contributed by atoms with Crippen LogP contribution in [0.15, 0.2) is 30.5 Å². The molecule has 1 fully saturated rings. The van der Waals surface area contributed by atoms with Crippen LogP contribution < -0.4 is 38.1 Å². The lowest BCUT2D eigenvalue weighted by molar-refractivity contribution is -0.136. The second-order valence-electron chi connectivity index (χ2n) is 13.5. The quantitative estimate of drug-likeness (QED) is 0.168. The van der Waals surface area contributed by atoms with Gasteiger partial charge in [-0.25, -0.2) is 0 Å². The maximum Gasteiger partial charge on any atom is 0.243 e. The third-order valence-electron chi connectivity index (χ3n) is 9.49. The van der Waals surface area contributed by atoms with Crippen molar-refractivity contribution in [3.63, 3.8) is 0 Å². The van der Waals surface area contributed by atoms with Gasteiger partial charge in [-0.1, -0.05) is 58.7 Å². The van der Waals surface area contributed by atoms with Gasteiger partial charge in [0.2, 0.25) is 35.4 Å². The zero-order chi connectivity index (χ0) is 37.5. The Hall–Kier alpha value is -4.11. The molecular formula is C36H56N8O6S. The van der Waals surface area contributed by atoms with Crippen LogP contribution in [-0.2, 0) is 35.2 Å². The first-order chi connectivity index (χ1) is 24.4. The second-order valence-corrected chi connectivity index (χ2v) is 14.6. The van der Waals surface area contributed by atoms with Crippen LogP contribution in [0, 0.1) is 11.8 Å². The molecule has 282 valence electrons. The van der Waals surface area contributed by atoms with Crippen LogP contribution in [0.2, 0.25) is 0 Å². The number of primary amides is 1. The van der Waals surface area contributed by atoms with Crippen molar-refractivity contribution >= 4 is 58.1 Å². The molecule has 1 aromatic carbocycles. The number of rotatable bonds is 11. The second kappa shape index (κ2) is 20.7. The average molecular weight is 729 g/mol. The minimum Gasteiger partial charge on any atom is -0.370 e. The maximum absolute atomic E-state index is 14.0. The molecule has 1 unspecified atom stereocenters. The summed E-state index contributed by atoms with van der Waals surface area (Å²) >= 11 is 1.56. The number of nitrogens with one attached hydrogen (secondary N) is 6. The number of hydrogen-bond acceptors (Lipinski definition) is 8. The molecule has 0 radical (unpaired) electrons. The number of H-pyrrole nitrogens is 1. The van der Waals surface area contributed by atoms with Gasteiger partial charge in [-0.15, -0.1) is 0 Å². The molecule has 2 aromatic rings. The number of aromatic amines is 1. The smallest absolute Gasteiger partial charge is 0.243 e. The van der Waals surface area contributed by atoms with E-state index in [-0.39, 0.29) is 36.6 Å². The predicted molar refractivity (Wildman–Crippen MR) is 199 cm³/mol. The number of fused-ring (bicyclic) bond motifs is 1. The van der Waals surface area contributed by atoms with Crippen molar-refractivity contribution in [2.45, 2.75) is 109 Å². The van der Waals surface area contributed by atoms with Crippen molar-refractivity contribution in [3.05, 3.63) is 36.0 Å². The summed E-state index contributed by atoms with van der Waals surface area (Å²) < 4.78 is 0. The number of aromatic nitrogens is 1. The molecule has 1 aliphatic rings. The molecule has 51 heavy (non-hydrogen) atoms. The first-order valence-electron chi connectivity index (χ1n) is 18.0. The molecule has 3 rings (SSSR count). The Bertz CT molecular complexity index is 1500. The van der Waals surface area contributed by atoms with Crippen LogP contribution in [-0.4, -0.2) is 88.7 Å². The van der Waals surface area contributed by atoms with E-state index in [2.05, 4.69) is 31.6 Å². The van der Waals surface area contributed by atoms with Crippen LogP contribution in [0.3, 0.4) is 0 Å². The average Bonchev–Trinajstić information content (AvgIpc) is 3.51. The summed E-state index contributed by atoms with van der Waals surface area (Å²) in [7, 11) is 0. The Morgan fingerprint density at radius 1 is 0.863 bits per heavy atom. The molecule has 1 aromatic heterocycles. The molecule has 14 nitrogen and oxygen atoms in total. The van der Waals surface area contributed by atoms with E-state index in [4.69, 9.17) is 11.5 Å². The lowest BCUT2D eigenvalue weighted by atomic mass is 9.94. The normalized spacial score (nSPS) is 24.7. The van der Waals surface area contributed by atoms with Crippen molar-refractivity contribution in [1.29, 1.82) is 0 Å². The van der Waals surface area contributed by atoms with Crippen molar-refractivity contribution in [3.8, 4) is 0 Å². The highest BCUT2D eigenvalue weighted by molar-refractivity contribution is 7.99. The number of carbonyl (C=O) groups is 6. The van der Waals surface area contributed by atoms with E-state index < -0.39 is 60.1 Å². The third kappa shape index (κ3) is 12.6. The van der Waals surface area contributed by atoms with Gasteiger partial charge in [0, 0.05) is 41.7 Å². The fourth-order valence-corrected chi connectivity index (χ4v) is 7.04. The fourth-order valence-electron chi connectivity index (χ4n) is 5.99. The highest BCUT2D eigenvalue weighted by Crippen LogP contribution is 2.20. The number of hydrogen-bond donors (Lipinski definition) is 8. The molecule has 10 N–H and O–H groups in total. The fraction of sp³-hybridized carbons (Fsp3) is 0.611. The highest BCUT2D eigenvalue weighted by Gasteiger charge is 2.36. The highest BCUT2D eigenvalue weighted by atomic mass is 32.2. The van der Waals surface area contributed by atoms with Gasteiger partial charge in [0.15, 0.2) is 0 Å². The summed E-state index contributed by atoms with van der Waals surface area (Å²) in [5.74, 6) is -3.00. The summed E-state index contributed by atoms with van der Waals surface area (Å²) in [5.41, 5.74) is 13.0. The zero-order valence-corrected chi connectivity index (χ0v) is 31.0. The summed E-state index contributed by atoms with van der Waals surface area (Å²) in [4.78, 5) is 83.8. The molecule has 1 aliphatic heterocycles. The van der Waals surface area contributed by atoms with Crippen molar-refractivity contribution in [2.75, 3.05) is 18.1 Å². The Balaban J connectivity index is 1.98. The topological polar surface area (TPSA) is 230 Å².